The number of pyridine rings is 1. The number of benzene rings is 4. The number of para-hydroxylation sites is 4. The molecule has 0 saturated heterocycles. The fraction of sp³-hybridized carbons (Fsp3) is 0.0938. The second kappa shape index (κ2) is 7.31. The SMILES string of the molecule is Cn1c2ccccc2c2cccc(-c3cccc(-c4cccc5c6ccccc6n(C)c45)[n+]3C)c21. The molecule has 0 fully saturated rings. The molecule has 0 spiro atoms. The van der Waals surface area contributed by atoms with Gasteiger partial charge < -0.3 is 9.13 Å². The largest absolute Gasteiger partial charge is 0.343 e. The number of fused-ring (bicyclic) bond motifs is 6. The molecule has 7 rings (SSSR count). The van der Waals surface area contributed by atoms with Crippen molar-refractivity contribution in [2.75, 3.05) is 0 Å². The van der Waals surface area contributed by atoms with Crippen LogP contribution in [-0.2, 0) is 21.1 Å². The van der Waals surface area contributed by atoms with Gasteiger partial charge in [0.15, 0.2) is 0 Å². The standard InChI is InChI=1S/C32H26N3/c1-33-29(25-15-8-13-23-21-11-4-6-17-27(21)34(2)31(23)25)19-10-20-30(33)26-16-9-14-24-22-12-5-7-18-28(22)35(3)32(24)26/h4-20H,1-3H3/q+1. The number of hydrogen-bond donors (Lipinski definition) is 0. The lowest BCUT2D eigenvalue weighted by atomic mass is 10.0. The first-order chi connectivity index (χ1) is 17.1. The molecule has 0 unspecified atom stereocenters. The zero-order valence-electron chi connectivity index (χ0n) is 20.2. The van der Waals surface area contributed by atoms with E-state index in [1.165, 1.54) is 66.1 Å². The molecule has 0 aliphatic carbocycles. The van der Waals surface area contributed by atoms with Gasteiger partial charge in [-0.25, -0.2) is 0 Å². The average molecular weight is 453 g/mol. The van der Waals surface area contributed by atoms with Crippen LogP contribution in [0.25, 0.3) is 66.1 Å². The van der Waals surface area contributed by atoms with Crippen LogP contribution in [0.4, 0.5) is 0 Å². The van der Waals surface area contributed by atoms with E-state index in [1.54, 1.807) is 0 Å². The maximum absolute atomic E-state index is 2.35. The molecule has 3 nitrogen and oxygen atoms in total. The number of nitrogens with zero attached hydrogens (tertiary/aromatic N) is 3. The number of aromatic nitrogens is 3. The fourth-order valence-electron chi connectivity index (χ4n) is 6.01. The van der Waals surface area contributed by atoms with Gasteiger partial charge in [-0.2, -0.15) is 4.57 Å². The van der Waals surface area contributed by atoms with E-state index in [2.05, 4.69) is 138 Å². The lowest BCUT2D eigenvalue weighted by Crippen LogP contribution is -2.34. The van der Waals surface area contributed by atoms with Gasteiger partial charge in [0.25, 0.3) is 0 Å². The molecule has 35 heavy (non-hydrogen) atoms. The Morgan fingerprint density at radius 3 is 1.34 bits per heavy atom. The van der Waals surface area contributed by atoms with Gasteiger partial charge in [-0.05, 0) is 30.3 Å². The summed E-state index contributed by atoms with van der Waals surface area (Å²) in [6, 6.07) is 37.3. The van der Waals surface area contributed by atoms with Crippen molar-refractivity contribution in [2.45, 2.75) is 0 Å². The van der Waals surface area contributed by atoms with Crippen LogP contribution in [0, 0.1) is 0 Å². The molecule has 0 amide bonds. The average Bonchev–Trinajstić information content (AvgIpc) is 3.36. The normalized spacial score (nSPS) is 11.9. The summed E-state index contributed by atoms with van der Waals surface area (Å²) in [6.45, 7) is 0. The first kappa shape index (κ1) is 20.0. The van der Waals surface area contributed by atoms with E-state index in [1.807, 2.05) is 0 Å². The Labute approximate surface area is 204 Å². The molecule has 168 valence electrons. The predicted octanol–water partition coefficient (Wildman–Crippen LogP) is 7.13. The van der Waals surface area contributed by atoms with Crippen LogP contribution in [0.15, 0.2) is 103 Å². The van der Waals surface area contributed by atoms with Crippen molar-refractivity contribution in [2.24, 2.45) is 21.1 Å². The van der Waals surface area contributed by atoms with E-state index in [9.17, 15) is 0 Å². The minimum absolute atomic E-state index is 1.20. The predicted molar refractivity (Wildman–Crippen MR) is 146 cm³/mol. The third-order valence-electron chi connectivity index (χ3n) is 7.64. The maximum Gasteiger partial charge on any atom is 0.214 e. The number of hydrogen-bond acceptors (Lipinski definition) is 0. The Morgan fingerprint density at radius 2 is 0.857 bits per heavy atom. The van der Waals surface area contributed by atoms with Gasteiger partial charge in [-0.3, -0.25) is 0 Å². The van der Waals surface area contributed by atoms with Crippen LogP contribution in [0.3, 0.4) is 0 Å². The van der Waals surface area contributed by atoms with Crippen LogP contribution in [-0.4, -0.2) is 9.13 Å². The summed E-state index contributed by atoms with van der Waals surface area (Å²) in [7, 11) is 6.54. The fourth-order valence-corrected chi connectivity index (χ4v) is 6.01. The van der Waals surface area contributed by atoms with E-state index in [0.29, 0.717) is 0 Å². The van der Waals surface area contributed by atoms with E-state index in [-0.39, 0.29) is 0 Å². The number of aryl methyl sites for hydroxylation is 2. The summed E-state index contributed by atoms with van der Waals surface area (Å²) in [4.78, 5) is 0. The third kappa shape index (κ3) is 2.69. The van der Waals surface area contributed by atoms with Crippen molar-refractivity contribution >= 4 is 43.6 Å². The van der Waals surface area contributed by atoms with Crippen LogP contribution >= 0.6 is 0 Å². The van der Waals surface area contributed by atoms with Gasteiger partial charge in [0.05, 0.1) is 22.2 Å². The summed E-state index contributed by atoms with van der Waals surface area (Å²) >= 11 is 0. The van der Waals surface area contributed by atoms with Gasteiger partial charge in [0.1, 0.15) is 7.05 Å². The van der Waals surface area contributed by atoms with Gasteiger partial charge in [0.2, 0.25) is 11.4 Å². The van der Waals surface area contributed by atoms with Crippen molar-refractivity contribution in [1.82, 2.24) is 9.13 Å². The molecule has 7 aromatic rings. The van der Waals surface area contributed by atoms with Gasteiger partial charge in [-0.15, -0.1) is 0 Å². The van der Waals surface area contributed by atoms with E-state index in [0.717, 1.165) is 0 Å². The second-order valence-electron chi connectivity index (χ2n) is 9.41. The molecule has 3 aromatic heterocycles. The highest BCUT2D eigenvalue weighted by Crippen LogP contribution is 2.37. The topological polar surface area (TPSA) is 13.7 Å². The van der Waals surface area contributed by atoms with Crippen LogP contribution in [0.5, 0.6) is 0 Å². The molecule has 4 aromatic carbocycles. The minimum atomic E-state index is 1.20. The molecule has 0 aliphatic rings. The number of rotatable bonds is 2. The summed E-state index contributed by atoms with van der Waals surface area (Å²) in [5.41, 5.74) is 9.95. The highest BCUT2D eigenvalue weighted by atomic mass is 15.0. The summed E-state index contributed by atoms with van der Waals surface area (Å²) in [5, 5.41) is 5.18. The van der Waals surface area contributed by atoms with Gasteiger partial charge in [0, 0.05) is 58.8 Å². The highest BCUT2D eigenvalue weighted by molar-refractivity contribution is 6.13. The Hall–Kier alpha value is -4.37. The monoisotopic (exact) mass is 452 g/mol. The molecule has 3 heteroatoms. The van der Waals surface area contributed by atoms with Crippen molar-refractivity contribution in [3.8, 4) is 22.5 Å². The van der Waals surface area contributed by atoms with Crippen molar-refractivity contribution in [3.63, 3.8) is 0 Å². The smallest absolute Gasteiger partial charge is 0.214 e. The summed E-state index contributed by atoms with van der Waals surface area (Å²) in [5.74, 6) is 0. The summed E-state index contributed by atoms with van der Waals surface area (Å²) < 4.78 is 7.01. The van der Waals surface area contributed by atoms with Gasteiger partial charge >= 0.3 is 0 Å². The molecule has 0 radical (unpaired) electrons. The molecular formula is C32H26N3+. The van der Waals surface area contributed by atoms with Crippen LogP contribution in [0.1, 0.15) is 0 Å². The zero-order valence-corrected chi connectivity index (χ0v) is 20.2. The molecule has 0 aliphatic heterocycles. The van der Waals surface area contributed by atoms with Crippen molar-refractivity contribution in [3.05, 3.63) is 103 Å². The van der Waals surface area contributed by atoms with Crippen molar-refractivity contribution < 1.29 is 4.57 Å². The van der Waals surface area contributed by atoms with Gasteiger partial charge in [-0.1, -0.05) is 60.7 Å². The first-order valence-corrected chi connectivity index (χ1v) is 12.1. The Kier molecular flexibility index (Phi) is 4.19. The molecule has 3 heterocycles. The Bertz CT molecular complexity index is 1800. The second-order valence-corrected chi connectivity index (χ2v) is 9.41. The lowest BCUT2D eigenvalue weighted by molar-refractivity contribution is -0.649. The molecular weight excluding hydrogens is 426 g/mol. The highest BCUT2D eigenvalue weighted by Gasteiger charge is 2.23. The van der Waals surface area contributed by atoms with Crippen molar-refractivity contribution in [1.29, 1.82) is 0 Å². The van der Waals surface area contributed by atoms with E-state index in [4.69, 9.17) is 0 Å². The van der Waals surface area contributed by atoms with Crippen LogP contribution in [0.2, 0.25) is 0 Å². The third-order valence-corrected chi connectivity index (χ3v) is 7.64. The van der Waals surface area contributed by atoms with E-state index < -0.39 is 0 Å². The minimum Gasteiger partial charge on any atom is -0.343 e. The lowest BCUT2D eigenvalue weighted by Gasteiger charge is -2.10. The molecule has 0 N–H and O–H groups in total. The molecule has 0 bridgehead atoms. The molecule has 0 atom stereocenters. The summed E-state index contributed by atoms with van der Waals surface area (Å²) in [6.07, 6.45) is 0. The van der Waals surface area contributed by atoms with E-state index >= 15 is 0 Å². The maximum atomic E-state index is 2.35. The Balaban J connectivity index is 1.53. The quantitative estimate of drug-likeness (QED) is 0.248. The zero-order chi connectivity index (χ0) is 23.7. The Morgan fingerprint density at radius 1 is 0.457 bits per heavy atom. The van der Waals surface area contributed by atoms with Crippen LogP contribution < -0.4 is 4.57 Å². The first-order valence-electron chi connectivity index (χ1n) is 12.1. The molecule has 0 saturated carbocycles.